The standard InChI is InChI=1S/C13H19N3O3S/c1-10-15-12-9-11(5-6-13(12)19-10)20(17,18)14-7-4-8-16(2)3/h5-6,9,14H,4,7-8H2,1-3H3. The van der Waals surface area contributed by atoms with Crippen molar-refractivity contribution in [2.45, 2.75) is 18.2 Å². The lowest BCUT2D eigenvalue weighted by molar-refractivity contribution is 0.400. The van der Waals surface area contributed by atoms with E-state index in [1.165, 1.54) is 12.1 Å². The van der Waals surface area contributed by atoms with Gasteiger partial charge in [-0.05, 0) is 45.3 Å². The summed E-state index contributed by atoms with van der Waals surface area (Å²) in [5.74, 6) is 0.522. The number of rotatable bonds is 6. The van der Waals surface area contributed by atoms with E-state index in [4.69, 9.17) is 4.42 Å². The number of sulfonamides is 1. The molecule has 0 radical (unpaired) electrons. The van der Waals surface area contributed by atoms with Crippen molar-refractivity contribution in [3.8, 4) is 0 Å². The number of nitrogens with one attached hydrogen (secondary N) is 1. The number of fused-ring (bicyclic) bond motifs is 1. The van der Waals surface area contributed by atoms with E-state index in [0.717, 1.165) is 13.0 Å². The maximum Gasteiger partial charge on any atom is 0.240 e. The average Bonchev–Trinajstić information content (AvgIpc) is 2.73. The fraction of sp³-hybridized carbons (Fsp3) is 0.462. The van der Waals surface area contributed by atoms with Crippen LogP contribution in [0, 0.1) is 6.92 Å². The molecule has 0 spiro atoms. The molecule has 0 unspecified atom stereocenters. The van der Waals surface area contributed by atoms with E-state index in [2.05, 4.69) is 9.71 Å². The van der Waals surface area contributed by atoms with Gasteiger partial charge in [0.2, 0.25) is 10.0 Å². The molecule has 1 N–H and O–H groups in total. The first-order valence-electron chi connectivity index (χ1n) is 6.40. The van der Waals surface area contributed by atoms with E-state index < -0.39 is 10.0 Å². The first-order valence-corrected chi connectivity index (χ1v) is 7.88. The Bertz CT molecular complexity index is 692. The second kappa shape index (κ2) is 5.90. The highest BCUT2D eigenvalue weighted by Gasteiger charge is 2.15. The number of nitrogens with zero attached hydrogens (tertiary/aromatic N) is 2. The van der Waals surface area contributed by atoms with Crippen LogP contribution < -0.4 is 4.72 Å². The summed E-state index contributed by atoms with van der Waals surface area (Å²) in [5.41, 5.74) is 1.15. The summed E-state index contributed by atoms with van der Waals surface area (Å²) in [6, 6.07) is 4.69. The van der Waals surface area contributed by atoms with Crippen LogP contribution in [-0.4, -0.2) is 45.5 Å². The molecule has 0 saturated carbocycles. The van der Waals surface area contributed by atoms with Crippen LogP contribution in [0.4, 0.5) is 0 Å². The van der Waals surface area contributed by atoms with Gasteiger partial charge in [-0.15, -0.1) is 0 Å². The normalized spacial score (nSPS) is 12.4. The zero-order valence-corrected chi connectivity index (χ0v) is 12.7. The Morgan fingerprint density at radius 3 is 2.80 bits per heavy atom. The third-order valence-corrected chi connectivity index (χ3v) is 4.31. The highest BCUT2D eigenvalue weighted by atomic mass is 32.2. The van der Waals surface area contributed by atoms with Crippen LogP contribution in [0.15, 0.2) is 27.5 Å². The molecule has 0 aliphatic carbocycles. The number of aryl methyl sites for hydroxylation is 1. The van der Waals surface area contributed by atoms with Gasteiger partial charge in [-0.1, -0.05) is 0 Å². The fourth-order valence-corrected chi connectivity index (χ4v) is 2.97. The first kappa shape index (κ1) is 15.0. The maximum atomic E-state index is 12.1. The van der Waals surface area contributed by atoms with Gasteiger partial charge >= 0.3 is 0 Å². The molecule has 2 aromatic rings. The summed E-state index contributed by atoms with van der Waals surface area (Å²) in [4.78, 5) is 6.37. The fourth-order valence-electron chi connectivity index (χ4n) is 1.87. The van der Waals surface area contributed by atoms with Gasteiger partial charge in [-0.2, -0.15) is 0 Å². The zero-order chi connectivity index (χ0) is 14.8. The van der Waals surface area contributed by atoms with E-state index in [-0.39, 0.29) is 4.90 Å². The SMILES string of the molecule is Cc1nc2cc(S(=O)(=O)NCCCN(C)C)ccc2o1. The summed E-state index contributed by atoms with van der Waals surface area (Å²) in [7, 11) is 0.417. The smallest absolute Gasteiger partial charge is 0.240 e. The highest BCUT2D eigenvalue weighted by Crippen LogP contribution is 2.19. The predicted molar refractivity (Wildman–Crippen MR) is 77.1 cm³/mol. The van der Waals surface area contributed by atoms with Crippen molar-refractivity contribution >= 4 is 21.1 Å². The number of aromatic nitrogens is 1. The van der Waals surface area contributed by atoms with Gasteiger partial charge < -0.3 is 9.32 Å². The molecule has 6 nitrogen and oxygen atoms in total. The topological polar surface area (TPSA) is 75.4 Å². The average molecular weight is 297 g/mol. The summed E-state index contributed by atoms with van der Waals surface area (Å²) < 4.78 is 32.2. The van der Waals surface area contributed by atoms with Crippen LogP contribution >= 0.6 is 0 Å². The second-order valence-corrected chi connectivity index (χ2v) is 6.68. The maximum absolute atomic E-state index is 12.1. The second-order valence-electron chi connectivity index (χ2n) is 4.92. The number of benzene rings is 1. The molecular formula is C13H19N3O3S. The zero-order valence-electron chi connectivity index (χ0n) is 11.9. The summed E-state index contributed by atoms with van der Waals surface area (Å²) in [6.07, 6.45) is 0.761. The van der Waals surface area contributed by atoms with Gasteiger partial charge in [-0.3, -0.25) is 0 Å². The molecule has 0 saturated heterocycles. The molecule has 0 atom stereocenters. The van der Waals surface area contributed by atoms with Gasteiger partial charge in [0.25, 0.3) is 0 Å². The minimum absolute atomic E-state index is 0.211. The van der Waals surface area contributed by atoms with E-state index in [1.54, 1.807) is 13.0 Å². The molecule has 20 heavy (non-hydrogen) atoms. The van der Waals surface area contributed by atoms with Crippen molar-refractivity contribution in [3.05, 3.63) is 24.1 Å². The molecule has 7 heteroatoms. The molecule has 0 aliphatic rings. The van der Waals surface area contributed by atoms with Crippen molar-refractivity contribution in [2.24, 2.45) is 0 Å². The summed E-state index contributed by atoms with van der Waals surface area (Å²) in [6.45, 7) is 2.98. The van der Waals surface area contributed by atoms with E-state index >= 15 is 0 Å². The van der Waals surface area contributed by atoms with Gasteiger partial charge in [0.05, 0.1) is 4.90 Å². The molecule has 0 fully saturated rings. The van der Waals surface area contributed by atoms with E-state index in [1.807, 2.05) is 19.0 Å². The van der Waals surface area contributed by atoms with Crippen LogP contribution in [0.25, 0.3) is 11.1 Å². The van der Waals surface area contributed by atoms with E-state index in [0.29, 0.717) is 23.5 Å². The Morgan fingerprint density at radius 2 is 2.10 bits per heavy atom. The van der Waals surface area contributed by atoms with Gasteiger partial charge in [0, 0.05) is 13.5 Å². The largest absolute Gasteiger partial charge is 0.441 e. The Morgan fingerprint density at radius 1 is 1.35 bits per heavy atom. The monoisotopic (exact) mass is 297 g/mol. The van der Waals surface area contributed by atoms with Crippen LogP contribution in [0.2, 0.25) is 0 Å². The number of oxazole rings is 1. The lowest BCUT2D eigenvalue weighted by Crippen LogP contribution is -2.27. The van der Waals surface area contributed by atoms with Crippen molar-refractivity contribution in [2.75, 3.05) is 27.2 Å². The number of hydrogen-bond acceptors (Lipinski definition) is 5. The van der Waals surface area contributed by atoms with Gasteiger partial charge in [-0.25, -0.2) is 18.1 Å². The predicted octanol–water partition coefficient (Wildman–Crippen LogP) is 1.37. The lowest BCUT2D eigenvalue weighted by atomic mass is 10.3. The van der Waals surface area contributed by atoms with Crippen LogP contribution in [0.3, 0.4) is 0 Å². The van der Waals surface area contributed by atoms with Crippen molar-refractivity contribution < 1.29 is 12.8 Å². The van der Waals surface area contributed by atoms with Crippen molar-refractivity contribution in [3.63, 3.8) is 0 Å². The van der Waals surface area contributed by atoms with Gasteiger partial charge in [0.15, 0.2) is 11.5 Å². The first-order chi connectivity index (χ1) is 9.38. The minimum Gasteiger partial charge on any atom is -0.441 e. The Hall–Kier alpha value is -1.44. The molecule has 0 amide bonds. The molecule has 1 heterocycles. The summed E-state index contributed by atoms with van der Waals surface area (Å²) in [5, 5.41) is 0. The van der Waals surface area contributed by atoms with Crippen LogP contribution in [0.1, 0.15) is 12.3 Å². The molecule has 1 aromatic carbocycles. The molecule has 0 aliphatic heterocycles. The quantitative estimate of drug-likeness (QED) is 0.815. The summed E-state index contributed by atoms with van der Waals surface area (Å²) >= 11 is 0. The van der Waals surface area contributed by atoms with Crippen LogP contribution in [-0.2, 0) is 10.0 Å². The van der Waals surface area contributed by atoms with Crippen molar-refractivity contribution in [1.82, 2.24) is 14.6 Å². The molecule has 2 rings (SSSR count). The number of hydrogen-bond donors (Lipinski definition) is 1. The lowest BCUT2D eigenvalue weighted by Gasteiger charge is -2.10. The van der Waals surface area contributed by atoms with Gasteiger partial charge in [0.1, 0.15) is 5.52 Å². The minimum atomic E-state index is -3.49. The molecule has 1 aromatic heterocycles. The Kier molecular flexibility index (Phi) is 4.42. The van der Waals surface area contributed by atoms with E-state index in [9.17, 15) is 8.42 Å². The van der Waals surface area contributed by atoms with Crippen molar-refractivity contribution in [1.29, 1.82) is 0 Å². The molecule has 110 valence electrons. The highest BCUT2D eigenvalue weighted by molar-refractivity contribution is 7.89. The Labute approximate surface area is 118 Å². The molecule has 0 bridgehead atoms. The third kappa shape index (κ3) is 3.56. The molecular weight excluding hydrogens is 278 g/mol. The van der Waals surface area contributed by atoms with Crippen LogP contribution in [0.5, 0.6) is 0 Å². The third-order valence-electron chi connectivity index (χ3n) is 2.85. The Balaban J connectivity index is 2.10.